The van der Waals surface area contributed by atoms with Crippen molar-refractivity contribution in [3.63, 3.8) is 0 Å². The summed E-state index contributed by atoms with van der Waals surface area (Å²) in [5.74, 6) is 0. The van der Waals surface area contributed by atoms with E-state index in [4.69, 9.17) is 18.9 Å². The molecule has 2 N–H and O–H groups in total. The van der Waals surface area contributed by atoms with Gasteiger partial charge in [-0.1, -0.05) is 0 Å². The molecular formula is H2FeO5P2. The topological polar surface area (TPSA) is 112 Å². The molecule has 0 heterocycles. The molecule has 0 unspecified atom stereocenters. The van der Waals surface area contributed by atoms with Crippen molar-refractivity contribution >= 4 is 17.4 Å². The molecule has 8 heavy (non-hydrogen) atoms. The molecule has 50 valence electrons. The molecule has 0 amide bonds. The predicted octanol–water partition coefficient (Wildman–Crippen LogP) is -1.72. The van der Waals surface area contributed by atoms with Crippen LogP contribution in [0, 0.1) is 0 Å². The van der Waals surface area contributed by atoms with Crippen LogP contribution < -0.4 is 9.79 Å². The van der Waals surface area contributed by atoms with Crippen molar-refractivity contribution in [2.45, 2.75) is 0 Å². The Bertz CT molecular complexity index is 31.4. The van der Waals surface area contributed by atoms with Gasteiger partial charge in [0.1, 0.15) is 0 Å². The molecule has 0 saturated carbocycles. The summed E-state index contributed by atoms with van der Waals surface area (Å²) < 4.78 is 16.7. The van der Waals surface area contributed by atoms with Crippen LogP contribution in [0.4, 0.5) is 0 Å². The Morgan fingerprint density at radius 3 is 1.00 bits per heavy atom. The third-order valence-electron chi connectivity index (χ3n) is 0. The molecule has 5 nitrogen and oxygen atoms in total. The second-order valence-corrected chi connectivity index (χ2v) is 0.447. The number of hydrogen-bond donors (Lipinski definition) is 0. The zero-order valence-corrected chi connectivity index (χ0v) is 6.27. The quantitative estimate of drug-likeness (QED) is 0.341. The first kappa shape index (κ1) is 23.5. The first-order valence-electron chi connectivity index (χ1n) is 0.730. The molecule has 0 aliphatic rings. The zero-order chi connectivity index (χ0) is 5.41. The molecule has 0 aromatic heterocycles. The van der Waals surface area contributed by atoms with Gasteiger partial charge in [-0.2, -0.15) is 0 Å². The average molecular weight is 200 g/mol. The Kier molecular flexibility index (Phi) is 144. The summed E-state index contributed by atoms with van der Waals surface area (Å²) in [6.07, 6.45) is 0. The minimum atomic E-state index is -1.08. The fourth-order valence-electron chi connectivity index (χ4n) is 0. The van der Waals surface area contributed by atoms with Crippen molar-refractivity contribution in [3.05, 3.63) is 0 Å². The zero-order valence-electron chi connectivity index (χ0n) is 3.38. The van der Waals surface area contributed by atoms with Crippen molar-refractivity contribution in [2.24, 2.45) is 0 Å². The van der Waals surface area contributed by atoms with Gasteiger partial charge in [0, 0.05) is 0 Å². The molecule has 0 spiro atoms. The SMILES string of the molecule is O.O=P[O-].O=P[O-].[Fe+2]. The van der Waals surface area contributed by atoms with E-state index in [1.165, 1.54) is 0 Å². The Morgan fingerprint density at radius 1 is 1.00 bits per heavy atom. The molecule has 0 aromatic carbocycles. The normalized spacial score (nSPS) is 5.25. The Morgan fingerprint density at radius 2 is 1.00 bits per heavy atom. The maximum absolute atomic E-state index is 8.35. The molecule has 0 aromatic rings. The molecule has 0 aliphatic heterocycles. The van der Waals surface area contributed by atoms with E-state index in [-0.39, 0.29) is 22.5 Å². The number of hydrogen-bond acceptors (Lipinski definition) is 4. The third-order valence-corrected chi connectivity index (χ3v) is 0. The van der Waals surface area contributed by atoms with Crippen molar-refractivity contribution in [2.75, 3.05) is 0 Å². The van der Waals surface area contributed by atoms with Gasteiger partial charge in [-0.25, -0.2) is 0 Å². The van der Waals surface area contributed by atoms with Gasteiger partial charge in [0.25, 0.3) is 0 Å². The molecule has 0 bridgehead atoms. The van der Waals surface area contributed by atoms with E-state index in [0.717, 1.165) is 0 Å². The van der Waals surface area contributed by atoms with Crippen LogP contribution in [0.1, 0.15) is 0 Å². The van der Waals surface area contributed by atoms with Crippen LogP contribution in [0.15, 0.2) is 0 Å². The van der Waals surface area contributed by atoms with E-state index in [1.54, 1.807) is 0 Å². The van der Waals surface area contributed by atoms with E-state index in [1.807, 2.05) is 0 Å². The summed E-state index contributed by atoms with van der Waals surface area (Å²) >= 11 is 0. The Balaban J connectivity index is -0.0000000160. The monoisotopic (exact) mass is 200 g/mol. The van der Waals surface area contributed by atoms with Crippen molar-refractivity contribution in [1.29, 1.82) is 0 Å². The van der Waals surface area contributed by atoms with Gasteiger partial charge in [0.05, 0.1) is 17.4 Å². The van der Waals surface area contributed by atoms with Crippen molar-refractivity contribution < 1.29 is 41.5 Å². The molecule has 0 rings (SSSR count). The fourth-order valence-corrected chi connectivity index (χ4v) is 0. The Hall–Kier alpha value is 0.599. The predicted molar refractivity (Wildman–Crippen MR) is 18.8 cm³/mol. The van der Waals surface area contributed by atoms with Crippen LogP contribution in [0.2, 0.25) is 0 Å². The van der Waals surface area contributed by atoms with Gasteiger partial charge in [0.15, 0.2) is 0 Å². The van der Waals surface area contributed by atoms with Crippen LogP contribution in [0.25, 0.3) is 0 Å². The summed E-state index contributed by atoms with van der Waals surface area (Å²) in [6.45, 7) is 0. The summed E-state index contributed by atoms with van der Waals surface area (Å²) in [5.41, 5.74) is 0. The van der Waals surface area contributed by atoms with E-state index in [2.05, 4.69) is 0 Å². The van der Waals surface area contributed by atoms with E-state index in [0.29, 0.717) is 0 Å². The van der Waals surface area contributed by atoms with Gasteiger partial charge in [-0.05, 0) is 0 Å². The summed E-state index contributed by atoms with van der Waals surface area (Å²) in [5, 5.41) is 0. The standard InChI is InChI=1S/Fe.2HO2P.H2O/c;2*1-3-2;/h;2*(H,1,2);1H2/q+2;;;/p-2. The van der Waals surface area contributed by atoms with Crippen LogP contribution in [0.5, 0.6) is 0 Å². The van der Waals surface area contributed by atoms with Crippen molar-refractivity contribution in [1.82, 2.24) is 0 Å². The van der Waals surface area contributed by atoms with Crippen LogP contribution in [0.3, 0.4) is 0 Å². The molecule has 8 heteroatoms. The summed E-state index contributed by atoms with van der Waals surface area (Å²) in [7, 11) is -2.17. The van der Waals surface area contributed by atoms with Crippen LogP contribution >= 0.6 is 17.4 Å². The van der Waals surface area contributed by atoms with Gasteiger partial charge in [0.2, 0.25) is 0 Å². The maximum atomic E-state index is 8.35. The summed E-state index contributed by atoms with van der Waals surface area (Å²) in [6, 6.07) is 0. The first-order valence-corrected chi connectivity index (χ1v) is 2.19. The molecule has 0 aliphatic carbocycles. The van der Waals surface area contributed by atoms with E-state index in [9.17, 15) is 0 Å². The molecule has 0 fully saturated rings. The van der Waals surface area contributed by atoms with E-state index < -0.39 is 17.4 Å². The van der Waals surface area contributed by atoms with Gasteiger partial charge in [-0.3, -0.25) is 9.13 Å². The largest absolute Gasteiger partial charge is 2.00 e. The minimum absolute atomic E-state index is 0. The first-order chi connectivity index (χ1) is 2.83. The molecule has 0 atom stereocenters. The second kappa shape index (κ2) is 49.0. The number of rotatable bonds is 0. The van der Waals surface area contributed by atoms with Crippen molar-refractivity contribution in [3.8, 4) is 0 Å². The fraction of sp³-hybridized carbons (Fsp3) is 0. The van der Waals surface area contributed by atoms with Gasteiger partial charge in [-0.15, -0.1) is 0 Å². The molecular weight excluding hydrogens is 198 g/mol. The smallest absolute Gasteiger partial charge is 0.772 e. The van der Waals surface area contributed by atoms with Gasteiger partial charge < -0.3 is 15.3 Å². The summed E-state index contributed by atoms with van der Waals surface area (Å²) in [4.78, 5) is 16.7. The van der Waals surface area contributed by atoms with Crippen LogP contribution in [-0.2, 0) is 26.2 Å². The average Bonchev–Trinajstić information content (AvgIpc) is 1.39. The third kappa shape index (κ3) is 576. The van der Waals surface area contributed by atoms with Gasteiger partial charge >= 0.3 is 17.1 Å². The second-order valence-electron chi connectivity index (χ2n) is 0.149. The van der Waals surface area contributed by atoms with Crippen LogP contribution in [-0.4, -0.2) is 5.48 Å². The molecule has 0 saturated heterocycles. The van der Waals surface area contributed by atoms with E-state index >= 15 is 0 Å². The minimum Gasteiger partial charge on any atom is -0.772 e. The molecule has 0 radical (unpaired) electrons. The maximum Gasteiger partial charge on any atom is 2.00 e. The Labute approximate surface area is 59.5 Å².